The van der Waals surface area contributed by atoms with Crippen molar-refractivity contribution in [1.82, 2.24) is 5.32 Å². The average Bonchev–Trinajstić information content (AvgIpc) is 2.34. The van der Waals surface area contributed by atoms with Crippen LogP contribution in [0.1, 0.15) is 24.8 Å². The van der Waals surface area contributed by atoms with Crippen LogP contribution in [0.2, 0.25) is 0 Å². The maximum atomic E-state index is 14.0. The maximum Gasteiger partial charge on any atom is 0.127 e. The SMILES string of the molecule is Fc1ccc(F)c(C2(C3CCCCN3)COC2)c1. The second-order valence-corrected chi connectivity index (χ2v) is 5.28. The minimum absolute atomic E-state index is 0.191. The molecule has 0 saturated carbocycles. The Kier molecular flexibility index (Phi) is 3.08. The molecule has 2 aliphatic heterocycles. The fraction of sp³-hybridized carbons (Fsp3) is 0.571. The summed E-state index contributed by atoms with van der Waals surface area (Å²) in [6.45, 7) is 1.90. The van der Waals surface area contributed by atoms with Crippen molar-refractivity contribution in [2.75, 3.05) is 19.8 Å². The molecule has 2 saturated heterocycles. The third-order valence-electron chi connectivity index (χ3n) is 4.16. The predicted octanol–water partition coefficient (Wildman–Crippen LogP) is 2.37. The van der Waals surface area contributed by atoms with Gasteiger partial charge in [-0.05, 0) is 37.6 Å². The van der Waals surface area contributed by atoms with Gasteiger partial charge in [-0.15, -0.1) is 0 Å². The first-order valence-electron chi connectivity index (χ1n) is 6.49. The number of benzene rings is 1. The van der Waals surface area contributed by atoms with Gasteiger partial charge >= 0.3 is 0 Å². The van der Waals surface area contributed by atoms with Crippen LogP contribution in [0.25, 0.3) is 0 Å². The highest BCUT2D eigenvalue weighted by Gasteiger charge is 2.48. The number of rotatable bonds is 2. The Morgan fingerprint density at radius 2 is 2.06 bits per heavy atom. The van der Waals surface area contributed by atoms with Gasteiger partial charge in [0.1, 0.15) is 11.6 Å². The van der Waals surface area contributed by atoms with Crippen molar-refractivity contribution in [2.24, 2.45) is 0 Å². The quantitative estimate of drug-likeness (QED) is 0.873. The molecule has 1 aromatic rings. The molecule has 0 amide bonds. The molecular weight excluding hydrogens is 236 g/mol. The zero-order valence-corrected chi connectivity index (χ0v) is 10.2. The highest BCUT2D eigenvalue weighted by Crippen LogP contribution is 2.40. The summed E-state index contributed by atoms with van der Waals surface area (Å²) in [6.07, 6.45) is 3.29. The van der Waals surface area contributed by atoms with Crippen LogP contribution in [0.4, 0.5) is 8.78 Å². The van der Waals surface area contributed by atoms with Gasteiger partial charge in [0.15, 0.2) is 0 Å². The smallest absolute Gasteiger partial charge is 0.127 e. The Morgan fingerprint density at radius 1 is 1.22 bits per heavy atom. The number of hydrogen-bond donors (Lipinski definition) is 1. The van der Waals surface area contributed by atoms with Gasteiger partial charge in [0, 0.05) is 11.6 Å². The Labute approximate surface area is 105 Å². The summed E-state index contributed by atoms with van der Waals surface area (Å²) < 4.78 is 32.7. The molecule has 0 spiro atoms. The van der Waals surface area contributed by atoms with E-state index in [4.69, 9.17) is 4.74 Å². The lowest BCUT2D eigenvalue weighted by molar-refractivity contribution is -0.0843. The van der Waals surface area contributed by atoms with Gasteiger partial charge in [0.2, 0.25) is 0 Å². The summed E-state index contributed by atoms with van der Waals surface area (Å²) in [7, 11) is 0. The van der Waals surface area contributed by atoms with E-state index in [2.05, 4.69) is 5.32 Å². The monoisotopic (exact) mass is 253 g/mol. The minimum atomic E-state index is -0.382. The van der Waals surface area contributed by atoms with E-state index in [0.717, 1.165) is 25.8 Å². The summed E-state index contributed by atoms with van der Waals surface area (Å²) in [4.78, 5) is 0. The second kappa shape index (κ2) is 4.59. The molecule has 2 nitrogen and oxygen atoms in total. The highest BCUT2D eigenvalue weighted by atomic mass is 19.1. The number of piperidine rings is 1. The van der Waals surface area contributed by atoms with Crippen LogP contribution in [-0.4, -0.2) is 25.8 Å². The lowest BCUT2D eigenvalue weighted by Crippen LogP contribution is -2.61. The number of hydrogen-bond acceptors (Lipinski definition) is 2. The van der Waals surface area contributed by atoms with Crippen LogP contribution < -0.4 is 5.32 Å². The lowest BCUT2D eigenvalue weighted by atomic mass is 9.70. The third-order valence-corrected chi connectivity index (χ3v) is 4.16. The van der Waals surface area contributed by atoms with Gasteiger partial charge in [0.05, 0.1) is 18.6 Å². The topological polar surface area (TPSA) is 21.3 Å². The van der Waals surface area contributed by atoms with Crippen LogP contribution in [0.3, 0.4) is 0 Å². The van der Waals surface area contributed by atoms with Crippen molar-refractivity contribution >= 4 is 0 Å². The molecule has 0 bridgehead atoms. The molecule has 2 heterocycles. The van der Waals surface area contributed by atoms with E-state index in [1.54, 1.807) is 0 Å². The Balaban J connectivity index is 1.97. The van der Waals surface area contributed by atoms with Crippen LogP contribution in [0.5, 0.6) is 0 Å². The summed E-state index contributed by atoms with van der Waals surface area (Å²) >= 11 is 0. The van der Waals surface area contributed by atoms with Crippen LogP contribution >= 0.6 is 0 Å². The largest absolute Gasteiger partial charge is 0.379 e. The Bertz CT molecular complexity index is 439. The first-order valence-corrected chi connectivity index (χ1v) is 6.49. The van der Waals surface area contributed by atoms with Gasteiger partial charge in [-0.2, -0.15) is 0 Å². The fourth-order valence-corrected chi connectivity index (χ4v) is 3.07. The van der Waals surface area contributed by atoms with E-state index in [1.807, 2.05) is 0 Å². The van der Waals surface area contributed by atoms with Gasteiger partial charge in [-0.1, -0.05) is 6.42 Å². The zero-order valence-electron chi connectivity index (χ0n) is 10.2. The molecule has 1 N–H and O–H groups in total. The van der Waals surface area contributed by atoms with Crippen LogP contribution in [0.15, 0.2) is 18.2 Å². The maximum absolute atomic E-state index is 14.0. The highest BCUT2D eigenvalue weighted by molar-refractivity contribution is 5.33. The molecule has 0 radical (unpaired) electrons. The van der Waals surface area contributed by atoms with Crippen molar-refractivity contribution in [3.05, 3.63) is 35.4 Å². The van der Waals surface area contributed by atoms with Crippen molar-refractivity contribution in [3.63, 3.8) is 0 Å². The van der Waals surface area contributed by atoms with Gasteiger partial charge < -0.3 is 10.1 Å². The molecule has 0 aliphatic carbocycles. The number of nitrogens with one attached hydrogen (secondary N) is 1. The minimum Gasteiger partial charge on any atom is -0.379 e. The predicted molar refractivity (Wildman–Crippen MR) is 64.5 cm³/mol. The van der Waals surface area contributed by atoms with Gasteiger partial charge in [-0.25, -0.2) is 8.78 Å². The zero-order chi connectivity index (χ0) is 12.6. The second-order valence-electron chi connectivity index (χ2n) is 5.28. The van der Waals surface area contributed by atoms with Crippen molar-refractivity contribution < 1.29 is 13.5 Å². The van der Waals surface area contributed by atoms with Crippen molar-refractivity contribution in [2.45, 2.75) is 30.7 Å². The molecular formula is C14H17F2NO. The molecule has 1 atom stereocenters. The molecule has 1 unspecified atom stereocenters. The van der Waals surface area contributed by atoms with Gasteiger partial charge in [-0.3, -0.25) is 0 Å². The van der Waals surface area contributed by atoms with E-state index in [1.165, 1.54) is 18.2 Å². The van der Waals surface area contributed by atoms with E-state index in [9.17, 15) is 8.78 Å². The van der Waals surface area contributed by atoms with E-state index < -0.39 is 0 Å². The van der Waals surface area contributed by atoms with E-state index in [-0.39, 0.29) is 23.1 Å². The standard InChI is InChI=1S/C14H17F2NO/c15-10-4-5-12(16)11(7-10)14(8-18-9-14)13-3-1-2-6-17-13/h4-5,7,13,17H,1-3,6,8-9H2. The van der Waals surface area contributed by atoms with E-state index >= 15 is 0 Å². The first-order chi connectivity index (χ1) is 8.72. The molecule has 18 heavy (non-hydrogen) atoms. The van der Waals surface area contributed by atoms with E-state index in [0.29, 0.717) is 18.8 Å². The first kappa shape index (κ1) is 12.1. The average molecular weight is 253 g/mol. The molecule has 2 fully saturated rings. The molecule has 98 valence electrons. The molecule has 2 aliphatic rings. The van der Waals surface area contributed by atoms with Crippen molar-refractivity contribution in [1.29, 1.82) is 0 Å². The Morgan fingerprint density at radius 3 is 2.67 bits per heavy atom. The van der Waals surface area contributed by atoms with Crippen LogP contribution in [0, 0.1) is 11.6 Å². The molecule has 1 aromatic carbocycles. The lowest BCUT2D eigenvalue weighted by Gasteiger charge is -2.49. The molecule has 0 aromatic heterocycles. The normalized spacial score (nSPS) is 26.7. The summed E-state index contributed by atoms with van der Waals surface area (Å²) in [5.41, 5.74) is 0.0835. The number of ether oxygens (including phenoxy) is 1. The van der Waals surface area contributed by atoms with Gasteiger partial charge in [0.25, 0.3) is 0 Å². The third kappa shape index (κ3) is 1.84. The fourth-order valence-electron chi connectivity index (χ4n) is 3.07. The van der Waals surface area contributed by atoms with Crippen LogP contribution in [-0.2, 0) is 10.2 Å². The summed E-state index contributed by atoms with van der Waals surface area (Å²) in [6, 6.07) is 3.90. The van der Waals surface area contributed by atoms with Crippen molar-refractivity contribution in [3.8, 4) is 0 Å². The molecule has 4 heteroatoms. The summed E-state index contributed by atoms with van der Waals surface area (Å²) in [5.74, 6) is -0.708. The summed E-state index contributed by atoms with van der Waals surface area (Å²) in [5, 5.41) is 3.44. The number of halogens is 2. The Hall–Kier alpha value is -1.00. The molecule has 3 rings (SSSR count).